The maximum atomic E-state index is 11.7. The Kier molecular flexibility index (Phi) is 5.10. The summed E-state index contributed by atoms with van der Waals surface area (Å²) in [4.78, 5) is 2.31. The second kappa shape index (κ2) is 6.95. The summed E-state index contributed by atoms with van der Waals surface area (Å²) in [5.74, 6) is 0.830. The summed E-state index contributed by atoms with van der Waals surface area (Å²) in [7, 11) is -2.93. The highest BCUT2D eigenvalue weighted by Gasteiger charge is 2.32. The van der Waals surface area contributed by atoms with Crippen LogP contribution in [0, 0.1) is 4.84 Å². The van der Waals surface area contributed by atoms with Gasteiger partial charge in [-0.15, -0.1) is 5.10 Å². The number of hydrogen-bond acceptors (Lipinski definition) is 6. The fourth-order valence-corrected chi connectivity index (χ4v) is 4.97. The average Bonchev–Trinajstić information content (AvgIpc) is 3.07. The van der Waals surface area contributed by atoms with Crippen molar-refractivity contribution in [3.05, 3.63) is 34.1 Å². The maximum absolute atomic E-state index is 11.7. The van der Waals surface area contributed by atoms with Crippen molar-refractivity contribution in [3.8, 4) is 11.5 Å². The fraction of sp³-hybridized carbons (Fsp3) is 0.467. The number of halogens is 1. The summed E-state index contributed by atoms with van der Waals surface area (Å²) < 4.78 is 30.6. The topological polar surface area (TPSA) is 68.3 Å². The largest absolute Gasteiger partial charge is 0.409 e. The van der Waals surface area contributed by atoms with E-state index in [4.69, 9.17) is 28.2 Å². The summed E-state index contributed by atoms with van der Waals surface area (Å²) in [6.07, 6.45) is 0.641. The van der Waals surface area contributed by atoms with Crippen molar-refractivity contribution in [3.63, 3.8) is 0 Å². The van der Waals surface area contributed by atoms with Gasteiger partial charge in [0.05, 0.1) is 18.2 Å². The molecule has 2 aromatic rings. The van der Waals surface area contributed by atoms with Crippen LogP contribution in [-0.2, 0) is 16.5 Å². The van der Waals surface area contributed by atoms with Crippen molar-refractivity contribution in [2.24, 2.45) is 0 Å². The van der Waals surface area contributed by atoms with E-state index in [1.165, 1.54) is 0 Å². The molecule has 6 nitrogen and oxygen atoms in total. The number of rotatable bonds is 5. The third-order valence-electron chi connectivity index (χ3n) is 4.12. The van der Waals surface area contributed by atoms with Gasteiger partial charge in [0.2, 0.25) is 5.89 Å². The van der Waals surface area contributed by atoms with Gasteiger partial charge in [-0.1, -0.05) is 24.6 Å². The molecular weight excluding hydrogens is 370 g/mol. The minimum absolute atomic E-state index is 0.00628. The first-order chi connectivity index (χ1) is 11.4. The Balaban J connectivity index is 1.81. The second-order valence-electron chi connectivity index (χ2n) is 5.79. The number of benzene rings is 1. The zero-order valence-corrected chi connectivity index (χ0v) is 15.6. The van der Waals surface area contributed by atoms with Gasteiger partial charge >= 0.3 is 0 Å². The molecule has 0 saturated carbocycles. The van der Waals surface area contributed by atoms with Gasteiger partial charge in [0.25, 0.3) is 4.84 Å². The number of hydrogen-bond donors (Lipinski definition) is 0. The Morgan fingerprint density at radius 1 is 1.50 bits per heavy atom. The maximum Gasteiger partial charge on any atom is 0.288 e. The molecule has 0 spiro atoms. The lowest BCUT2D eigenvalue weighted by Crippen LogP contribution is -2.37. The lowest BCUT2D eigenvalue weighted by molar-refractivity contribution is 0.162. The first-order valence-corrected chi connectivity index (χ1v) is 10.3. The fourth-order valence-electron chi connectivity index (χ4n) is 2.84. The highest BCUT2D eigenvalue weighted by atomic mass is 35.5. The highest BCUT2D eigenvalue weighted by Crippen LogP contribution is 2.22. The Morgan fingerprint density at radius 3 is 2.92 bits per heavy atom. The first-order valence-electron chi connectivity index (χ1n) is 7.66. The van der Waals surface area contributed by atoms with Crippen LogP contribution in [0.3, 0.4) is 0 Å². The summed E-state index contributed by atoms with van der Waals surface area (Å²) in [5, 5.41) is 5.00. The molecule has 1 aliphatic rings. The van der Waals surface area contributed by atoms with Gasteiger partial charge in [0.15, 0.2) is 9.84 Å². The van der Waals surface area contributed by atoms with Gasteiger partial charge in [0, 0.05) is 16.6 Å². The summed E-state index contributed by atoms with van der Waals surface area (Å²) >= 11 is 11.2. The Labute approximate surface area is 150 Å². The van der Waals surface area contributed by atoms with Crippen LogP contribution in [0.25, 0.3) is 11.5 Å². The van der Waals surface area contributed by atoms with E-state index in [0.29, 0.717) is 30.5 Å². The zero-order valence-electron chi connectivity index (χ0n) is 13.2. The van der Waals surface area contributed by atoms with Gasteiger partial charge in [-0.3, -0.25) is 4.90 Å². The normalized spacial score (nSPS) is 19.9. The Morgan fingerprint density at radius 2 is 2.29 bits per heavy atom. The molecule has 24 heavy (non-hydrogen) atoms. The molecule has 3 rings (SSSR count). The van der Waals surface area contributed by atoms with Crippen molar-refractivity contribution in [1.29, 1.82) is 0 Å². The SMILES string of the molecule is CCN(Cn1nc(-c2cccc(Cl)c2)oc1=S)[C@H]1CCS(=O)(=O)C1. The van der Waals surface area contributed by atoms with Gasteiger partial charge in [-0.25, -0.2) is 13.1 Å². The minimum atomic E-state index is -2.93. The summed E-state index contributed by atoms with van der Waals surface area (Å²) in [6, 6.07) is 7.19. The monoisotopic (exact) mass is 387 g/mol. The van der Waals surface area contributed by atoms with Crippen LogP contribution >= 0.6 is 23.8 Å². The van der Waals surface area contributed by atoms with E-state index in [2.05, 4.69) is 10.00 Å². The van der Waals surface area contributed by atoms with Crippen LogP contribution in [0.4, 0.5) is 0 Å². The Bertz CT molecular complexity index is 891. The molecule has 0 N–H and O–H groups in total. The Hall–Kier alpha value is -1.22. The lowest BCUT2D eigenvalue weighted by atomic mass is 10.2. The molecule has 1 saturated heterocycles. The predicted molar refractivity (Wildman–Crippen MR) is 95.2 cm³/mol. The standard InChI is InChI=1S/C15H18ClN3O3S2/c1-2-18(13-6-7-24(20,21)9-13)10-19-15(23)22-14(17-19)11-4-3-5-12(16)8-11/h3-5,8,13H,2,6-7,9-10H2,1H3/t13-/m0/s1. The first kappa shape index (κ1) is 17.6. The second-order valence-corrected chi connectivity index (χ2v) is 8.80. The molecule has 1 aromatic heterocycles. The van der Waals surface area contributed by atoms with E-state index in [-0.39, 0.29) is 22.4 Å². The third-order valence-corrected chi connectivity index (χ3v) is 6.40. The number of sulfone groups is 1. The molecular formula is C15H18ClN3O3S2. The minimum Gasteiger partial charge on any atom is -0.409 e. The summed E-state index contributed by atoms with van der Waals surface area (Å²) in [5.41, 5.74) is 0.749. The molecule has 1 atom stereocenters. The van der Waals surface area contributed by atoms with Crippen LogP contribution in [0.15, 0.2) is 28.7 Å². The van der Waals surface area contributed by atoms with Crippen molar-refractivity contribution < 1.29 is 12.8 Å². The molecule has 0 radical (unpaired) electrons. The molecule has 0 amide bonds. The van der Waals surface area contributed by atoms with Crippen LogP contribution in [-0.4, -0.2) is 47.2 Å². The zero-order chi connectivity index (χ0) is 17.3. The smallest absolute Gasteiger partial charge is 0.288 e. The van der Waals surface area contributed by atoms with Crippen molar-refractivity contribution >= 4 is 33.7 Å². The van der Waals surface area contributed by atoms with E-state index in [1.807, 2.05) is 19.1 Å². The van der Waals surface area contributed by atoms with Crippen LogP contribution in [0.1, 0.15) is 13.3 Å². The lowest BCUT2D eigenvalue weighted by Gasteiger charge is -2.25. The molecule has 0 unspecified atom stereocenters. The van der Waals surface area contributed by atoms with E-state index in [0.717, 1.165) is 5.56 Å². The van der Waals surface area contributed by atoms with E-state index >= 15 is 0 Å². The molecule has 0 aliphatic carbocycles. The molecule has 1 aromatic carbocycles. The molecule has 2 heterocycles. The van der Waals surface area contributed by atoms with E-state index < -0.39 is 9.84 Å². The summed E-state index contributed by atoms with van der Waals surface area (Å²) in [6.45, 7) is 3.10. The third kappa shape index (κ3) is 3.88. The molecule has 9 heteroatoms. The van der Waals surface area contributed by atoms with E-state index in [1.54, 1.807) is 16.8 Å². The molecule has 0 bridgehead atoms. The van der Waals surface area contributed by atoms with Crippen molar-refractivity contribution in [2.75, 3.05) is 18.1 Å². The van der Waals surface area contributed by atoms with Gasteiger partial charge < -0.3 is 4.42 Å². The predicted octanol–water partition coefficient (Wildman–Crippen LogP) is 2.99. The molecule has 130 valence electrons. The van der Waals surface area contributed by atoms with E-state index in [9.17, 15) is 8.42 Å². The highest BCUT2D eigenvalue weighted by molar-refractivity contribution is 7.91. The van der Waals surface area contributed by atoms with Crippen LogP contribution < -0.4 is 0 Å². The van der Waals surface area contributed by atoms with Gasteiger partial charge in [-0.05, 0) is 43.4 Å². The average molecular weight is 388 g/mol. The quantitative estimate of drug-likeness (QED) is 0.734. The number of aromatic nitrogens is 2. The van der Waals surface area contributed by atoms with Crippen LogP contribution in [0.5, 0.6) is 0 Å². The number of nitrogens with zero attached hydrogens (tertiary/aromatic N) is 3. The van der Waals surface area contributed by atoms with Gasteiger partial charge in [-0.2, -0.15) is 0 Å². The van der Waals surface area contributed by atoms with Crippen LogP contribution in [0.2, 0.25) is 5.02 Å². The molecule has 1 aliphatic heterocycles. The molecule has 1 fully saturated rings. The van der Waals surface area contributed by atoms with Crippen molar-refractivity contribution in [1.82, 2.24) is 14.7 Å². The van der Waals surface area contributed by atoms with Crippen molar-refractivity contribution in [2.45, 2.75) is 26.1 Å². The van der Waals surface area contributed by atoms with Gasteiger partial charge in [0.1, 0.15) is 0 Å².